The Morgan fingerprint density at radius 2 is 1.45 bits per heavy atom. The van der Waals surface area contributed by atoms with E-state index in [9.17, 15) is 14.4 Å². The second-order valence-corrected chi connectivity index (χ2v) is 9.87. The molecule has 5 nitrogen and oxygen atoms in total. The van der Waals surface area contributed by atoms with Gasteiger partial charge in [-0.05, 0) is 85.6 Å². The Labute approximate surface area is 181 Å². The van der Waals surface area contributed by atoms with Crippen LogP contribution in [0.1, 0.15) is 68.7 Å². The van der Waals surface area contributed by atoms with Crippen molar-refractivity contribution < 1.29 is 14.4 Å². The third kappa shape index (κ3) is 3.10. The molecule has 0 aromatic heterocycles. The van der Waals surface area contributed by atoms with Gasteiger partial charge < -0.3 is 5.32 Å². The van der Waals surface area contributed by atoms with Crippen molar-refractivity contribution in [3.05, 3.63) is 70.8 Å². The number of fused-ring (bicyclic) bond motifs is 1. The van der Waals surface area contributed by atoms with Crippen molar-refractivity contribution in [2.45, 2.75) is 44.7 Å². The first-order valence-corrected chi connectivity index (χ1v) is 11.4. The molecule has 4 aliphatic carbocycles. The Morgan fingerprint density at radius 1 is 0.839 bits per heavy atom. The van der Waals surface area contributed by atoms with E-state index in [1.807, 2.05) is 24.3 Å². The molecule has 5 aliphatic rings. The molecule has 0 saturated heterocycles. The minimum atomic E-state index is -0.274. The van der Waals surface area contributed by atoms with E-state index in [0.29, 0.717) is 34.6 Å². The van der Waals surface area contributed by atoms with Crippen LogP contribution < -0.4 is 5.32 Å². The topological polar surface area (TPSA) is 66.5 Å². The molecule has 1 heterocycles. The monoisotopic (exact) mass is 414 g/mol. The van der Waals surface area contributed by atoms with Crippen molar-refractivity contribution in [2.75, 3.05) is 0 Å². The minimum absolute atomic E-state index is 0.0401. The normalized spacial score (nSPS) is 30.6. The summed E-state index contributed by atoms with van der Waals surface area (Å²) in [5, 5.41) is 3.34. The van der Waals surface area contributed by atoms with Crippen LogP contribution in [0.3, 0.4) is 0 Å². The highest BCUT2D eigenvalue weighted by atomic mass is 16.2. The zero-order chi connectivity index (χ0) is 21.1. The molecule has 4 bridgehead atoms. The fourth-order valence-corrected chi connectivity index (χ4v) is 6.77. The summed E-state index contributed by atoms with van der Waals surface area (Å²) in [6, 6.07) is 14.5. The first-order valence-electron chi connectivity index (χ1n) is 11.4. The average Bonchev–Trinajstić information content (AvgIpc) is 3.01. The van der Waals surface area contributed by atoms with Crippen LogP contribution in [-0.4, -0.2) is 28.7 Å². The summed E-state index contributed by atoms with van der Waals surface area (Å²) in [7, 11) is 0. The summed E-state index contributed by atoms with van der Waals surface area (Å²) >= 11 is 0. The molecule has 3 amide bonds. The third-order valence-corrected chi connectivity index (χ3v) is 7.93. The van der Waals surface area contributed by atoms with Crippen LogP contribution in [0.4, 0.5) is 0 Å². The molecule has 0 unspecified atom stereocenters. The van der Waals surface area contributed by atoms with Crippen molar-refractivity contribution in [3.63, 3.8) is 0 Å². The largest absolute Gasteiger partial charge is 0.349 e. The fraction of sp³-hybridized carbons (Fsp3) is 0.423. The molecule has 0 radical (unpaired) electrons. The van der Waals surface area contributed by atoms with Crippen LogP contribution in [0.25, 0.3) is 0 Å². The Hall–Kier alpha value is -2.95. The predicted molar refractivity (Wildman–Crippen MR) is 115 cm³/mol. The second kappa shape index (κ2) is 7.04. The summed E-state index contributed by atoms with van der Waals surface area (Å²) in [6.45, 7) is 0.172. The third-order valence-electron chi connectivity index (χ3n) is 7.93. The fourth-order valence-electron chi connectivity index (χ4n) is 6.77. The van der Waals surface area contributed by atoms with Crippen LogP contribution in [0.15, 0.2) is 48.5 Å². The number of rotatable bonds is 4. The van der Waals surface area contributed by atoms with Crippen LogP contribution in [0, 0.1) is 23.7 Å². The van der Waals surface area contributed by atoms with Gasteiger partial charge in [-0.3, -0.25) is 19.3 Å². The number of nitrogens with one attached hydrogen (secondary N) is 1. The van der Waals surface area contributed by atoms with Gasteiger partial charge >= 0.3 is 0 Å². The number of imide groups is 1. The highest BCUT2D eigenvalue weighted by Crippen LogP contribution is 2.53. The summed E-state index contributed by atoms with van der Waals surface area (Å²) in [6.07, 6.45) is 6.44. The lowest BCUT2D eigenvalue weighted by Gasteiger charge is -2.54. The molecule has 1 aliphatic heterocycles. The number of hydrogen-bond acceptors (Lipinski definition) is 3. The SMILES string of the molecule is O=C(NC1C2CC3CC(C2)CC1C3)c1cccc(CN2C(=O)c3ccccc3C2=O)c1. The Morgan fingerprint density at radius 3 is 2.06 bits per heavy atom. The summed E-state index contributed by atoms with van der Waals surface area (Å²) in [5.41, 5.74) is 2.28. The maximum atomic E-state index is 13.1. The zero-order valence-corrected chi connectivity index (χ0v) is 17.4. The van der Waals surface area contributed by atoms with Gasteiger partial charge in [-0.2, -0.15) is 0 Å². The van der Waals surface area contributed by atoms with Crippen molar-refractivity contribution in [2.24, 2.45) is 23.7 Å². The van der Waals surface area contributed by atoms with Gasteiger partial charge in [0.15, 0.2) is 0 Å². The molecule has 0 atom stereocenters. The van der Waals surface area contributed by atoms with Crippen LogP contribution in [0.5, 0.6) is 0 Å². The maximum absolute atomic E-state index is 13.1. The van der Waals surface area contributed by atoms with E-state index in [1.165, 1.54) is 37.0 Å². The number of nitrogens with zero attached hydrogens (tertiary/aromatic N) is 1. The van der Waals surface area contributed by atoms with Crippen molar-refractivity contribution >= 4 is 17.7 Å². The average molecular weight is 415 g/mol. The lowest BCUT2D eigenvalue weighted by Crippen LogP contribution is -2.55. The van der Waals surface area contributed by atoms with Gasteiger partial charge in [-0.15, -0.1) is 0 Å². The van der Waals surface area contributed by atoms with Gasteiger partial charge in [0.05, 0.1) is 17.7 Å². The number of carbonyl (C=O) groups excluding carboxylic acids is 3. The van der Waals surface area contributed by atoms with Crippen molar-refractivity contribution in [1.82, 2.24) is 10.2 Å². The van der Waals surface area contributed by atoms with Crippen LogP contribution in [-0.2, 0) is 6.54 Å². The summed E-state index contributed by atoms with van der Waals surface area (Å²) in [4.78, 5) is 39.7. The molecular weight excluding hydrogens is 388 g/mol. The molecule has 31 heavy (non-hydrogen) atoms. The smallest absolute Gasteiger partial charge is 0.261 e. The highest BCUT2D eigenvalue weighted by molar-refractivity contribution is 6.21. The Kier molecular flexibility index (Phi) is 4.27. The van der Waals surface area contributed by atoms with E-state index in [4.69, 9.17) is 0 Å². The van der Waals surface area contributed by atoms with E-state index < -0.39 is 0 Å². The van der Waals surface area contributed by atoms with E-state index in [0.717, 1.165) is 17.4 Å². The van der Waals surface area contributed by atoms with Crippen LogP contribution >= 0.6 is 0 Å². The lowest BCUT2D eigenvalue weighted by molar-refractivity contribution is -0.0119. The summed E-state index contributed by atoms with van der Waals surface area (Å²) in [5.74, 6) is 2.41. The number of hydrogen-bond donors (Lipinski definition) is 1. The molecule has 158 valence electrons. The maximum Gasteiger partial charge on any atom is 0.261 e. The minimum Gasteiger partial charge on any atom is -0.349 e. The van der Waals surface area contributed by atoms with Gasteiger partial charge in [-0.1, -0.05) is 24.3 Å². The standard InChI is InChI=1S/C26H26N2O3/c29-24(27-23-19-10-16-8-17(12-19)13-20(23)11-16)18-5-3-4-15(9-18)14-28-25(30)21-6-1-2-7-22(21)26(28)31/h1-7,9,16-17,19-20,23H,8,10-14H2,(H,27,29). The van der Waals surface area contributed by atoms with Gasteiger partial charge in [0.2, 0.25) is 0 Å². The van der Waals surface area contributed by atoms with Gasteiger partial charge in [0.1, 0.15) is 0 Å². The Balaban J connectivity index is 1.17. The second-order valence-electron chi connectivity index (χ2n) is 9.87. The molecule has 2 aromatic rings. The molecule has 4 saturated carbocycles. The van der Waals surface area contributed by atoms with Gasteiger partial charge in [-0.25, -0.2) is 0 Å². The van der Waals surface area contributed by atoms with Crippen LogP contribution in [0.2, 0.25) is 0 Å². The number of amides is 3. The predicted octanol–water partition coefficient (Wildman–Crippen LogP) is 4.04. The van der Waals surface area contributed by atoms with E-state index in [-0.39, 0.29) is 24.3 Å². The van der Waals surface area contributed by atoms with E-state index in [1.54, 1.807) is 24.3 Å². The first kappa shape index (κ1) is 18.8. The molecule has 0 spiro atoms. The van der Waals surface area contributed by atoms with E-state index in [2.05, 4.69) is 5.32 Å². The zero-order valence-electron chi connectivity index (χ0n) is 17.4. The lowest BCUT2D eigenvalue weighted by atomic mass is 9.54. The molecule has 4 fully saturated rings. The first-order chi connectivity index (χ1) is 15.1. The van der Waals surface area contributed by atoms with Crippen molar-refractivity contribution in [3.8, 4) is 0 Å². The molecule has 1 N–H and O–H groups in total. The van der Waals surface area contributed by atoms with Crippen molar-refractivity contribution in [1.29, 1.82) is 0 Å². The van der Waals surface area contributed by atoms with Gasteiger partial charge in [0.25, 0.3) is 17.7 Å². The molecule has 2 aromatic carbocycles. The summed E-state index contributed by atoms with van der Waals surface area (Å²) < 4.78 is 0. The van der Waals surface area contributed by atoms with Gasteiger partial charge in [0, 0.05) is 11.6 Å². The molecule has 5 heteroatoms. The number of carbonyl (C=O) groups is 3. The Bertz CT molecular complexity index is 1030. The van der Waals surface area contributed by atoms with E-state index >= 15 is 0 Å². The molecule has 7 rings (SSSR count). The highest BCUT2D eigenvalue weighted by Gasteiger charge is 2.48. The quantitative estimate of drug-likeness (QED) is 0.768. The molecular formula is C26H26N2O3. The number of benzene rings is 2.